The Balaban J connectivity index is 1.88. The number of carbonyl (C=O) groups is 2. The number of rotatable bonds is 2. The number of carbonyl (C=O) groups excluding carboxylic acids is 2. The van der Waals surface area contributed by atoms with Gasteiger partial charge in [0, 0.05) is 30.4 Å². The number of nitrogens with zero attached hydrogens (tertiary/aromatic N) is 1. The summed E-state index contributed by atoms with van der Waals surface area (Å²) in [5.41, 5.74) is 12.2. The van der Waals surface area contributed by atoms with Crippen molar-refractivity contribution >= 4 is 23.3 Å². The average Bonchev–Trinajstić information content (AvgIpc) is 2.41. The summed E-state index contributed by atoms with van der Waals surface area (Å²) in [7, 11) is 0. The van der Waals surface area contributed by atoms with E-state index in [0.29, 0.717) is 37.3 Å². The molecule has 1 heterocycles. The van der Waals surface area contributed by atoms with Crippen molar-refractivity contribution in [3.8, 4) is 0 Å². The zero-order valence-corrected chi connectivity index (χ0v) is 10.6. The molecule has 0 aliphatic carbocycles. The van der Waals surface area contributed by atoms with Crippen LogP contribution in [0.15, 0.2) is 24.3 Å². The van der Waals surface area contributed by atoms with Gasteiger partial charge in [0.25, 0.3) is 0 Å². The molecule has 19 heavy (non-hydrogen) atoms. The number of nitrogens with one attached hydrogen (secondary N) is 1. The van der Waals surface area contributed by atoms with E-state index < -0.39 is 0 Å². The fourth-order valence-electron chi connectivity index (χ4n) is 2.14. The maximum absolute atomic E-state index is 12.0. The third kappa shape index (κ3) is 3.37. The molecule has 2 rings (SSSR count). The maximum atomic E-state index is 12.0. The summed E-state index contributed by atoms with van der Waals surface area (Å²) >= 11 is 0. The van der Waals surface area contributed by atoms with E-state index in [-0.39, 0.29) is 17.9 Å². The number of likely N-dealkylation sites (tertiary alicyclic amines) is 1. The summed E-state index contributed by atoms with van der Waals surface area (Å²) in [6, 6.07) is 6.81. The lowest BCUT2D eigenvalue weighted by molar-refractivity contribution is -0.122. The lowest BCUT2D eigenvalue weighted by Crippen LogP contribution is -2.43. The summed E-state index contributed by atoms with van der Waals surface area (Å²) in [6.07, 6.45) is 1.26. The zero-order chi connectivity index (χ0) is 13.8. The van der Waals surface area contributed by atoms with Crippen LogP contribution in [-0.2, 0) is 4.79 Å². The third-order valence-electron chi connectivity index (χ3n) is 3.35. The Morgan fingerprint density at radius 3 is 2.26 bits per heavy atom. The van der Waals surface area contributed by atoms with E-state index in [4.69, 9.17) is 11.5 Å². The van der Waals surface area contributed by atoms with E-state index >= 15 is 0 Å². The highest BCUT2D eigenvalue weighted by atomic mass is 16.2. The molecule has 0 bridgehead atoms. The van der Waals surface area contributed by atoms with Gasteiger partial charge in [0.05, 0.1) is 0 Å². The maximum Gasteiger partial charge on any atom is 0.321 e. The van der Waals surface area contributed by atoms with Gasteiger partial charge in [-0.2, -0.15) is 0 Å². The lowest BCUT2D eigenvalue weighted by Gasteiger charge is -2.30. The van der Waals surface area contributed by atoms with Crippen LogP contribution in [0.2, 0.25) is 0 Å². The number of hydrogen-bond donors (Lipinski definition) is 3. The van der Waals surface area contributed by atoms with Crippen molar-refractivity contribution in [1.82, 2.24) is 4.90 Å². The number of primary amides is 1. The van der Waals surface area contributed by atoms with Gasteiger partial charge in [0.2, 0.25) is 5.91 Å². The number of hydrogen-bond acceptors (Lipinski definition) is 3. The molecule has 6 nitrogen and oxygen atoms in total. The van der Waals surface area contributed by atoms with Gasteiger partial charge in [-0.15, -0.1) is 0 Å². The average molecular weight is 262 g/mol. The number of nitrogens with two attached hydrogens (primary N) is 2. The first-order chi connectivity index (χ1) is 9.06. The molecule has 1 aliphatic heterocycles. The number of urea groups is 1. The SMILES string of the molecule is NC(=O)C1CCN(C(=O)Nc2ccc(N)cc2)CC1. The van der Waals surface area contributed by atoms with Crippen molar-refractivity contribution in [1.29, 1.82) is 0 Å². The molecular formula is C13H18N4O2. The Labute approximate surface area is 111 Å². The van der Waals surface area contributed by atoms with Gasteiger partial charge in [0.1, 0.15) is 0 Å². The quantitative estimate of drug-likeness (QED) is 0.693. The van der Waals surface area contributed by atoms with Gasteiger partial charge in [-0.05, 0) is 37.1 Å². The highest BCUT2D eigenvalue weighted by molar-refractivity contribution is 5.89. The Morgan fingerprint density at radius 1 is 1.16 bits per heavy atom. The van der Waals surface area contributed by atoms with Crippen molar-refractivity contribution in [3.63, 3.8) is 0 Å². The number of nitrogen functional groups attached to an aromatic ring is 1. The highest BCUT2D eigenvalue weighted by Gasteiger charge is 2.25. The smallest absolute Gasteiger partial charge is 0.321 e. The van der Waals surface area contributed by atoms with Gasteiger partial charge >= 0.3 is 6.03 Å². The van der Waals surface area contributed by atoms with Crippen LogP contribution < -0.4 is 16.8 Å². The topological polar surface area (TPSA) is 101 Å². The van der Waals surface area contributed by atoms with Crippen LogP contribution in [0, 0.1) is 5.92 Å². The van der Waals surface area contributed by atoms with E-state index in [9.17, 15) is 9.59 Å². The first-order valence-electron chi connectivity index (χ1n) is 6.27. The van der Waals surface area contributed by atoms with Crippen molar-refractivity contribution < 1.29 is 9.59 Å². The number of amides is 3. The number of benzene rings is 1. The van der Waals surface area contributed by atoms with Crippen molar-refractivity contribution in [2.75, 3.05) is 24.1 Å². The molecule has 3 amide bonds. The van der Waals surface area contributed by atoms with Gasteiger partial charge < -0.3 is 21.7 Å². The molecule has 1 aliphatic rings. The normalized spacial score (nSPS) is 16.1. The molecular weight excluding hydrogens is 244 g/mol. The van der Waals surface area contributed by atoms with Crippen LogP contribution in [-0.4, -0.2) is 29.9 Å². The van der Waals surface area contributed by atoms with Crippen LogP contribution >= 0.6 is 0 Å². The third-order valence-corrected chi connectivity index (χ3v) is 3.35. The standard InChI is InChI=1S/C13H18N4O2/c14-10-1-3-11(4-2-10)16-13(19)17-7-5-9(6-8-17)12(15)18/h1-4,9H,5-8,14H2,(H2,15,18)(H,16,19). The molecule has 6 heteroatoms. The molecule has 0 spiro atoms. The Bertz CT molecular complexity index is 464. The molecule has 1 aromatic carbocycles. The minimum atomic E-state index is -0.279. The van der Waals surface area contributed by atoms with E-state index in [1.165, 1.54) is 0 Å². The monoisotopic (exact) mass is 262 g/mol. The fraction of sp³-hybridized carbons (Fsp3) is 0.385. The van der Waals surface area contributed by atoms with Gasteiger partial charge in [-0.1, -0.05) is 0 Å². The largest absolute Gasteiger partial charge is 0.399 e. The summed E-state index contributed by atoms with van der Waals surface area (Å²) in [5.74, 6) is -0.390. The molecule has 1 saturated heterocycles. The molecule has 0 aromatic heterocycles. The summed E-state index contributed by atoms with van der Waals surface area (Å²) in [4.78, 5) is 24.7. The van der Waals surface area contributed by atoms with Crippen molar-refractivity contribution in [2.24, 2.45) is 11.7 Å². The summed E-state index contributed by atoms with van der Waals surface area (Å²) in [5, 5.41) is 2.80. The van der Waals surface area contributed by atoms with Crippen LogP contribution in [0.5, 0.6) is 0 Å². The molecule has 0 atom stereocenters. The molecule has 5 N–H and O–H groups in total. The minimum Gasteiger partial charge on any atom is -0.399 e. The predicted molar refractivity (Wildman–Crippen MR) is 73.4 cm³/mol. The molecule has 1 aromatic rings. The summed E-state index contributed by atoms with van der Waals surface area (Å²) < 4.78 is 0. The molecule has 0 saturated carbocycles. The van der Waals surface area contributed by atoms with Crippen LogP contribution in [0.4, 0.5) is 16.2 Å². The lowest BCUT2D eigenvalue weighted by atomic mass is 9.96. The predicted octanol–water partition coefficient (Wildman–Crippen LogP) is 0.998. The van der Waals surface area contributed by atoms with Gasteiger partial charge in [-0.3, -0.25) is 4.79 Å². The molecule has 102 valence electrons. The van der Waals surface area contributed by atoms with Crippen LogP contribution in [0.25, 0.3) is 0 Å². The second kappa shape index (κ2) is 5.60. The van der Waals surface area contributed by atoms with Crippen LogP contribution in [0.1, 0.15) is 12.8 Å². The Hall–Kier alpha value is -2.24. The highest BCUT2D eigenvalue weighted by Crippen LogP contribution is 2.18. The Kier molecular flexibility index (Phi) is 3.89. The molecule has 0 unspecified atom stereocenters. The number of anilines is 2. The van der Waals surface area contributed by atoms with E-state index in [2.05, 4.69) is 5.32 Å². The second-order valence-corrected chi connectivity index (χ2v) is 4.72. The van der Waals surface area contributed by atoms with Gasteiger partial charge in [0.15, 0.2) is 0 Å². The van der Waals surface area contributed by atoms with E-state index in [0.717, 1.165) is 0 Å². The Morgan fingerprint density at radius 2 is 1.74 bits per heavy atom. The van der Waals surface area contributed by atoms with E-state index in [1.807, 2.05) is 0 Å². The fourth-order valence-corrected chi connectivity index (χ4v) is 2.14. The minimum absolute atomic E-state index is 0.111. The van der Waals surface area contributed by atoms with Crippen molar-refractivity contribution in [2.45, 2.75) is 12.8 Å². The first kappa shape index (κ1) is 13.2. The van der Waals surface area contributed by atoms with Crippen molar-refractivity contribution in [3.05, 3.63) is 24.3 Å². The number of piperidine rings is 1. The molecule has 1 fully saturated rings. The van der Waals surface area contributed by atoms with Crippen LogP contribution in [0.3, 0.4) is 0 Å². The molecule has 0 radical (unpaired) electrons. The second-order valence-electron chi connectivity index (χ2n) is 4.72. The zero-order valence-electron chi connectivity index (χ0n) is 10.6. The first-order valence-corrected chi connectivity index (χ1v) is 6.27. The van der Waals surface area contributed by atoms with Gasteiger partial charge in [-0.25, -0.2) is 4.79 Å². The van der Waals surface area contributed by atoms with E-state index in [1.54, 1.807) is 29.2 Å². The summed E-state index contributed by atoms with van der Waals surface area (Å²) in [6.45, 7) is 1.10.